The van der Waals surface area contributed by atoms with Gasteiger partial charge in [-0.25, -0.2) is 13.4 Å². The van der Waals surface area contributed by atoms with E-state index >= 15 is 0 Å². The van der Waals surface area contributed by atoms with Crippen LogP contribution >= 0.6 is 22.7 Å². The summed E-state index contributed by atoms with van der Waals surface area (Å²) in [7, 11) is -1.50. The van der Waals surface area contributed by atoms with Crippen LogP contribution < -0.4 is 4.74 Å². The zero-order valence-electron chi connectivity index (χ0n) is 16.2. The van der Waals surface area contributed by atoms with E-state index in [4.69, 9.17) is 4.74 Å². The van der Waals surface area contributed by atoms with Crippen LogP contribution in [0.3, 0.4) is 0 Å². The number of rotatable bonds is 9. The van der Waals surface area contributed by atoms with Gasteiger partial charge in [-0.05, 0) is 36.1 Å². The van der Waals surface area contributed by atoms with Crippen molar-refractivity contribution in [1.29, 1.82) is 0 Å². The van der Waals surface area contributed by atoms with Crippen LogP contribution in [0, 0.1) is 0 Å². The molecule has 9 heteroatoms. The van der Waals surface area contributed by atoms with Crippen LogP contribution in [0.25, 0.3) is 9.88 Å². The Hall–Kier alpha value is -2.23. The van der Waals surface area contributed by atoms with E-state index in [9.17, 15) is 13.2 Å². The number of likely N-dealkylation sites (N-methyl/N-ethyl adjacent to an activating group) is 1. The first-order chi connectivity index (χ1) is 13.8. The predicted octanol–water partition coefficient (Wildman–Crippen LogP) is 3.75. The minimum absolute atomic E-state index is 0.00658. The van der Waals surface area contributed by atoms with Gasteiger partial charge in [-0.15, -0.1) is 22.7 Å². The van der Waals surface area contributed by atoms with E-state index in [1.807, 2.05) is 22.9 Å². The monoisotopic (exact) mass is 450 g/mol. The van der Waals surface area contributed by atoms with Crippen molar-refractivity contribution in [3.8, 4) is 15.6 Å². The first-order valence-corrected chi connectivity index (χ1v) is 12.6. The third-order valence-electron chi connectivity index (χ3n) is 4.18. The first kappa shape index (κ1) is 21.5. The number of benzene rings is 1. The summed E-state index contributed by atoms with van der Waals surface area (Å²) >= 11 is 3.18. The van der Waals surface area contributed by atoms with Crippen molar-refractivity contribution in [3.05, 3.63) is 52.9 Å². The number of amides is 1. The average molecular weight is 451 g/mol. The van der Waals surface area contributed by atoms with Crippen LogP contribution in [0.5, 0.6) is 5.75 Å². The molecule has 0 saturated heterocycles. The summed E-state index contributed by atoms with van der Waals surface area (Å²) in [5.74, 6) is 0.512. The Balaban J connectivity index is 1.44. The lowest BCUT2D eigenvalue weighted by molar-refractivity contribution is -0.129. The number of hydrogen-bond acceptors (Lipinski definition) is 7. The first-order valence-electron chi connectivity index (χ1n) is 8.98. The van der Waals surface area contributed by atoms with Crippen LogP contribution in [-0.2, 0) is 21.1 Å². The molecule has 6 nitrogen and oxygen atoms in total. The minimum atomic E-state index is -3.26. The molecule has 0 aliphatic rings. The Kier molecular flexibility index (Phi) is 7.05. The topological polar surface area (TPSA) is 76.6 Å². The third-order valence-corrected chi connectivity index (χ3v) is 7.22. The average Bonchev–Trinajstić information content (AvgIpc) is 3.36. The number of carbonyl (C=O) groups is 1. The molecule has 0 bridgehead atoms. The summed E-state index contributed by atoms with van der Waals surface area (Å²) in [5, 5.41) is 4.88. The Morgan fingerprint density at radius 3 is 2.76 bits per heavy atom. The van der Waals surface area contributed by atoms with E-state index in [2.05, 4.69) is 4.98 Å². The van der Waals surface area contributed by atoms with E-state index in [1.165, 1.54) is 18.4 Å². The largest absolute Gasteiger partial charge is 0.493 e. The Morgan fingerprint density at radius 1 is 1.21 bits per heavy atom. The quantitative estimate of drug-likeness (QED) is 0.464. The summed E-state index contributed by atoms with van der Waals surface area (Å²) < 4.78 is 28.8. The molecular formula is C20H22N2O4S3. The molecule has 0 fully saturated rings. The second kappa shape index (κ2) is 9.51. The van der Waals surface area contributed by atoms with E-state index in [1.54, 1.807) is 46.8 Å². The smallest absolute Gasteiger partial charge is 0.228 e. The molecule has 3 rings (SSSR count). The predicted molar refractivity (Wildman–Crippen MR) is 116 cm³/mol. The maximum atomic E-state index is 12.4. The maximum Gasteiger partial charge on any atom is 0.228 e. The summed E-state index contributed by atoms with van der Waals surface area (Å²) in [6.07, 6.45) is 2.08. The normalized spacial score (nSPS) is 11.4. The van der Waals surface area contributed by atoms with Crippen LogP contribution in [0.2, 0.25) is 0 Å². The number of ether oxygens (including phenoxy) is 1. The number of aromatic nitrogens is 1. The number of nitrogens with zero attached hydrogens (tertiary/aromatic N) is 2. The van der Waals surface area contributed by atoms with Crippen LogP contribution in [-0.4, -0.2) is 50.7 Å². The van der Waals surface area contributed by atoms with Crippen LogP contribution in [0.1, 0.15) is 12.1 Å². The molecule has 29 heavy (non-hydrogen) atoms. The lowest BCUT2D eigenvalue weighted by Gasteiger charge is -2.17. The van der Waals surface area contributed by atoms with Crippen molar-refractivity contribution >= 4 is 38.4 Å². The van der Waals surface area contributed by atoms with Gasteiger partial charge in [0.1, 0.15) is 10.8 Å². The summed E-state index contributed by atoms with van der Waals surface area (Å²) in [5.41, 5.74) is 0.782. The number of sulfone groups is 1. The van der Waals surface area contributed by atoms with E-state index in [0.717, 1.165) is 15.6 Å². The molecule has 3 aromatic rings. The molecule has 2 aromatic heterocycles. The second-order valence-electron chi connectivity index (χ2n) is 6.56. The van der Waals surface area contributed by atoms with Crippen molar-refractivity contribution < 1.29 is 17.9 Å². The number of hydrogen-bond donors (Lipinski definition) is 0. The van der Waals surface area contributed by atoms with Gasteiger partial charge in [-0.2, -0.15) is 0 Å². The van der Waals surface area contributed by atoms with Crippen molar-refractivity contribution in [2.75, 3.05) is 26.5 Å². The fourth-order valence-electron chi connectivity index (χ4n) is 2.60. The lowest BCUT2D eigenvalue weighted by Crippen LogP contribution is -2.30. The highest BCUT2D eigenvalue weighted by Crippen LogP contribution is 2.28. The zero-order chi connectivity index (χ0) is 20.9. The molecule has 1 aromatic carbocycles. The molecule has 1 amide bonds. The molecular weight excluding hydrogens is 428 g/mol. The van der Waals surface area contributed by atoms with Gasteiger partial charge in [0.2, 0.25) is 5.91 Å². The molecule has 0 aliphatic heterocycles. The molecule has 0 N–H and O–H groups in total. The maximum absolute atomic E-state index is 12.4. The Labute approximate surface area is 178 Å². The van der Waals surface area contributed by atoms with Gasteiger partial charge in [0.15, 0.2) is 9.84 Å². The SMILES string of the molecule is CN(CCCOc1cccc(S(C)(=O)=O)c1)C(=O)Cc1csc(-c2cccs2)n1. The Morgan fingerprint density at radius 2 is 2.03 bits per heavy atom. The van der Waals surface area contributed by atoms with Crippen LogP contribution in [0.15, 0.2) is 52.1 Å². The molecule has 154 valence electrons. The minimum Gasteiger partial charge on any atom is -0.493 e. The molecule has 0 aliphatic carbocycles. The highest BCUT2D eigenvalue weighted by atomic mass is 32.2. The van der Waals surface area contributed by atoms with Gasteiger partial charge in [0.25, 0.3) is 0 Å². The number of thiophene rings is 1. The zero-order valence-corrected chi connectivity index (χ0v) is 18.6. The lowest BCUT2D eigenvalue weighted by atomic mass is 10.3. The van der Waals surface area contributed by atoms with Gasteiger partial charge in [-0.3, -0.25) is 4.79 Å². The molecule has 0 unspecified atom stereocenters. The molecule has 2 heterocycles. The highest BCUT2D eigenvalue weighted by molar-refractivity contribution is 7.90. The molecule has 0 saturated carbocycles. The molecule has 0 atom stereocenters. The summed E-state index contributed by atoms with van der Waals surface area (Å²) in [4.78, 5) is 20.0. The van der Waals surface area contributed by atoms with Gasteiger partial charge >= 0.3 is 0 Å². The van der Waals surface area contributed by atoms with Gasteiger partial charge in [0, 0.05) is 25.2 Å². The van der Waals surface area contributed by atoms with Crippen molar-refractivity contribution in [3.63, 3.8) is 0 Å². The van der Waals surface area contributed by atoms with Gasteiger partial charge in [0.05, 0.1) is 28.5 Å². The fourth-order valence-corrected chi connectivity index (χ4v) is 4.89. The summed E-state index contributed by atoms with van der Waals surface area (Å²) in [6, 6.07) is 10.4. The van der Waals surface area contributed by atoms with E-state index < -0.39 is 9.84 Å². The van der Waals surface area contributed by atoms with Crippen LogP contribution in [0.4, 0.5) is 0 Å². The number of thiazole rings is 1. The highest BCUT2D eigenvalue weighted by Gasteiger charge is 2.13. The molecule has 0 radical (unpaired) electrons. The Bertz CT molecular complexity index is 1060. The van der Waals surface area contributed by atoms with Crippen molar-refractivity contribution in [2.24, 2.45) is 0 Å². The van der Waals surface area contributed by atoms with E-state index in [-0.39, 0.29) is 17.2 Å². The van der Waals surface area contributed by atoms with Crippen molar-refractivity contribution in [1.82, 2.24) is 9.88 Å². The van der Waals surface area contributed by atoms with E-state index in [0.29, 0.717) is 25.3 Å². The van der Waals surface area contributed by atoms with Gasteiger partial charge < -0.3 is 9.64 Å². The number of carbonyl (C=O) groups excluding carboxylic acids is 1. The fraction of sp³-hybridized carbons (Fsp3) is 0.300. The second-order valence-corrected chi connectivity index (χ2v) is 10.4. The third kappa shape index (κ3) is 6.12. The van der Waals surface area contributed by atoms with Crippen molar-refractivity contribution in [2.45, 2.75) is 17.7 Å². The van der Waals surface area contributed by atoms with Gasteiger partial charge in [-0.1, -0.05) is 12.1 Å². The molecule has 0 spiro atoms. The standard InChI is InChI=1S/C20H22N2O4S3/c1-22(9-5-10-26-16-6-3-7-17(13-16)29(2,24)25)19(23)12-15-14-28-20(21-15)18-8-4-11-27-18/h3-4,6-8,11,13-14H,5,9-10,12H2,1-2H3. The summed E-state index contributed by atoms with van der Waals surface area (Å²) in [6.45, 7) is 0.941.